The predicted octanol–water partition coefficient (Wildman–Crippen LogP) is 2.88. The second-order valence-electron chi connectivity index (χ2n) is 8.96. The molecule has 166 valence electrons. The van der Waals surface area contributed by atoms with Crippen molar-refractivity contribution < 1.29 is 13.2 Å². The Kier molecular flexibility index (Phi) is 7.11. The molecule has 1 saturated carbocycles. The molecule has 2 heterocycles. The number of benzene rings is 1. The van der Waals surface area contributed by atoms with Gasteiger partial charge in [-0.15, -0.1) is 0 Å². The fourth-order valence-electron chi connectivity index (χ4n) is 5.10. The Morgan fingerprint density at radius 3 is 2.10 bits per heavy atom. The van der Waals surface area contributed by atoms with Crippen molar-refractivity contribution in [1.29, 1.82) is 0 Å². The molecule has 0 radical (unpaired) electrons. The Morgan fingerprint density at radius 2 is 1.47 bits per heavy atom. The summed E-state index contributed by atoms with van der Waals surface area (Å²) < 4.78 is 27.1. The standard InChI is InChI=1S/C23H35N3O3S/c27-23(25-18-16-24(17-19-25)21-6-2-3-7-21)13-10-20-8-11-22(12-9-20)30(28,29)26-14-4-1-5-15-26/h8-9,11-12,21H,1-7,10,13-19H2. The molecule has 0 unspecified atom stereocenters. The van der Waals surface area contributed by atoms with Crippen LogP contribution in [0, 0.1) is 0 Å². The monoisotopic (exact) mass is 433 g/mol. The SMILES string of the molecule is O=C(CCc1ccc(S(=O)(=O)N2CCCCC2)cc1)N1CCN(C2CCCC2)CC1. The van der Waals surface area contributed by atoms with Crippen molar-refractivity contribution in [3.05, 3.63) is 29.8 Å². The Morgan fingerprint density at radius 1 is 0.833 bits per heavy atom. The van der Waals surface area contributed by atoms with E-state index in [0.29, 0.717) is 30.8 Å². The van der Waals surface area contributed by atoms with Gasteiger partial charge in [-0.2, -0.15) is 4.31 Å². The first-order valence-electron chi connectivity index (χ1n) is 11.6. The molecule has 2 saturated heterocycles. The van der Waals surface area contributed by atoms with Gasteiger partial charge < -0.3 is 4.90 Å². The lowest BCUT2D eigenvalue weighted by molar-refractivity contribution is -0.133. The van der Waals surface area contributed by atoms with Gasteiger partial charge >= 0.3 is 0 Å². The quantitative estimate of drug-likeness (QED) is 0.692. The number of rotatable bonds is 6. The summed E-state index contributed by atoms with van der Waals surface area (Å²) in [6, 6.07) is 7.86. The van der Waals surface area contributed by atoms with Gasteiger partial charge in [0.15, 0.2) is 0 Å². The van der Waals surface area contributed by atoms with E-state index in [0.717, 1.165) is 57.0 Å². The first-order chi connectivity index (χ1) is 14.5. The zero-order chi connectivity index (χ0) is 21.0. The van der Waals surface area contributed by atoms with E-state index in [1.54, 1.807) is 16.4 Å². The largest absolute Gasteiger partial charge is 0.340 e. The number of sulfonamides is 1. The van der Waals surface area contributed by atoms with Gasteiger partial charge in [-0.1, -0.05) is 31.4 Å². The topological polar surface area (TPSA) is 60.9 Å². The number of carbonyl (C=O) groups is 1. The van der Waals surface area contributed by atoms with Crippen molar-refractivity contribution in [2.24, 2.45) is 0 Å². The number of piperidine rings is 1. The Balaban J connectivity index is 1.25. The number of hydrogen-bond donors (Lipinski definition) is 0. The van der Waals surface area contributed by atoms with E-state index in [4.69, 9.17) is 0 Å². The van der Waals surface area contributed by atoms with Crippen molar-refractivity contribution >= 4 is 15.9 Å². The highest BCUT2D eigenvalue weighted by molar-refractivity contribution is 7.89. The first-order valence-corrected chi connectivity index (χ1v) is 13.1. The van der Waals surface area contributed by atoms with E-state index in [1.807, 2.05) is 17.0 Å². The minimum absolute atomic E-state index is 0.214. The number of nitrogens with zero attached hydrogens (tertiary/aromatic N) is 3. The van der Waals surface area contributed by atoms with Crippen LogP contribution >= 0.6 is 0 Å². The van der Waals surface area contributed by atoms with Gasteiger partial charge in [0.05, 0.1) is 4.90 Å². The van der Waals surface area contributed by atoms with E-state index in [9.17, 15) is 13.2 Å². The first kappa shape index (κ1) is 21.8. The molecule has 1 aliphatic carbocycles. The number of hydrogen-bond acceptors (Lipinski definition) is 4. The lowest BCUT2D eigenvalue weighted by Gasteiger charge is -2.38. The van der Waals surface area contributed by atoms with E-state index in [1.165, 1.54) is 25.7 Å². The molecule has 0 N–H and O–H groups in total. The number of amides is 1. The predicted molar refractivity (Wildman–Crippen MR) is 118 cm³/mol. The third-order valence-corrected chi connectivity index (χ3v) is 8.92. The van der Waals surface area contributed by atoms with Crippen molar-refractivity contribution in [1.82, 2.24) is 14.1 Å². The van der Waals surface area contributed by atoms with Crippen LogP contribution in [0.4, 0.5) is 0 Å². The minimum Gasteiger partial charge on any atom is -0.340 e. The fraction of sp³-hybridized carbons (Fsp3) is 0.696. The molecule has 30 heavy (non-hydrogen) atoms. The average Bonchev–Trinajstić information content (AvgIpc) is 3.33. The van der Waals surface area contributed by atoms with Crippen molar-refractivity contribution in [3.63, 3.8) is 0 Å². The molecule has 4 rings (SSSR count). The number of carbonyl (C=O) groups excluding carboxylic acids is 1. The highest BCUT2D eigenvalue weighted by atomic mass is 32.2. The average molecular weight is 434 g/mol. The molecule has 0 bridgehead atoms. The normalized spacial score (nSPS) is 22.5. The van der Waals surface area contributed by atoms with Crippen LogP contribution in [0.5, 0.6) is 0 Å². The van der Waals surface area contributed by atoms with Crippen LogP contribution in [0.25, 0.3) is 0 Å². The van der Waals surface area contributed by atoms with Gasteiger partial charge in [0.25, 0.3) is 0 Å². The molecule has 1 aromatic rings. The second-order valence-corrected chi connectivity index (χ2v) is 10.9. The summed E-state index contributed by atoms with van der Waals surface area (Å²) in [6.07, 6.45) is 9.46. The zero-order valence-corrected chi connectivity index (χ0v) is 18.8. The Bertz CT molecular complexity index is 805. The summed E-state index contributed by atoms with van der Waals surface area (Å²) in [6.45, 7) is 4.91. The molecule has 1 amide bonds. The van der Waals surface area contributed by atoms with Crippen molar-refractivity contribution in [3.8, 4) is 0 Å². The summed E-state index contributed by atoms with van der Waals surface area (Å²) in [5, 5.41) is 0. The molecule has 6 nitrogen and oxygen atoms in total. The van der Waals surface area contributed by atoms with E-state index >= 15 is 0 Å². The highest BCUT2D eigenvalue weighted by Crippen LogP contribution is 2.25. The maximum atomic E-state index is 12.8. The molecule has 0 spiro atoms. The van der Waals surface area contributed by atoms with Crippen LogP contribution < -0.4 is 0 Å². The maximum absolute atomic E-state index is 12.8. The molecule has 0 atom stereocenters. The van der Waals surface area contributed by atoms with Gasteiger partial charge in [0, 0.05) is 51.7 Å². The summed E-state index contributed by atoms with van der Waals surface area (Å²) in [5.74, 6) is 0.214. The smallest absolute Gasteiger partial charge is 0.243 e. The molecule has 7 heteroatoms. The van der Waals surface area contributed by atoms with Crippen molar-refractivity contribution in [2.75, 3.05) is 39.3 Å². The maximum Gasteiger partial charge on any atom is 0.243 e. The molecular weight excluding hydrogens is 398 g/mol. The van der Waals surface area contributed by atoms with Crippen molar-refractivity contribution in [2.45, 2.75) is 68.7 Å². The molecule has 2 aliphatic heterocycles. The molecule has 3 aliphatic rings. The van der Waals surface area contributed by atoms with E-state index < -0.39 is 10.0 Å². The lowest BCUT2D eigenvalue weighted by Crippen LogP contribution is -2.51. The van der Waals surface area contributed by atoms with Crippen LogP contribution in [0.15, 0.2) is 29.2 Å². The number of piperazine rings is 1. The van der Waals surface area contributed by atoms with Gasteiger partial charge in [-0.3, -0.25) is 9.69 Å². The lowest BCUT2D eigenvalue weighted by atomic mass is 10.1. The summed E-state index contributed by atoms with van der Waals surface area (Å²) >= 11 is 0. The van der Waals surface area contributed by atoms with Gasteiger partial charge in [-0.25, -0.2) is 8.42 Å². The van der Waals surface area contributed by atoms with Gasteiger partial charge in [0.2, 0.25) is 15.9 Å². The van der Waals surface area contributed by atoms with Crippen LogP contribution in [0.3, 0.4) is 0 Å². The zero-order valence-electron chi connectivity index (χ0n) is 18.0. The summed E-state index contributed by atoms with van der Waals surface area (Å²) in [7, 11) is -3.39. The Hall–Kier alpha value is -1.44. The van der Waals surface area contributed by atoms with Crippen LogP contribution in [0.2, 0.25) is 0 Å². The molecular formula is C23H35N3O3S. The van der Waals surface area contributed by atoms with Gasteiger partial charge in [-0.05, 0) is 49.8 Å². The van der Waals surface area contributed by atoms with Crippen LogP contribution in [0.1, 0.15) is 56.9 Å². The van der Waals surface area contributed by atoms with Crippen LogP contribution in [-0.2, 0) is 21.2 Å². The van der Waals surface area contributed by atoms with E-state index in [-0.39, 0.29) is 5.91 Å². The third-order valence-electron chi connectivity index (χ3n) is 7.01. The van der Waals surface area contributed by atoms with Gasteiger partial charge in [0.1, 0.15) is 0 Å². The van der Waals surface area contributed by atoms with Crippen LogP contribution in [-0.4, -0.2) is 73.7 Å². The Labute approximate surface area is 181 Å². The minimum atomic E-state index is -3.39. The fourth-order valence-corrected chi connectivity index (χ4v) is 6.61. The highest BCUT2D eigenvalue weighted by Gasteiger charge is 2.28. The molecule has 1 aromatic carbocycles. The summed E-state index contributed by atoms with van der Waals surface area (Å²) in [5.41, 5.74) is 1.02. The number of aryl methyl sites for hydroxylation is 1. The second kappa shape index (κ2) is 9.79. The molecule has 3 fully saturated rings. The summed E-state index contributed by atoms with van der Waals surface area (Å²) in [4.78, 5) is 17.6. The third kappa shape index (κ3) is 5.06. The van der Waals surface area contributed by atoms with E-state index in [2.05, 4.69) is 4.90 Å². The molecule has 0 aromatic heterocycles.